The molecule has 0 spiro atoms. The van der Waals surface area contributed by atoms with Gasteiger partial charge in [-0.15, -0.1) is 0 Å². The van der Waals surface area contributed by atoms with Gasteiger partial charge in [0.05, 0.1) is 23.7 Å². The van der Waals surface area contributed by atoms with Crippen LogP contribution in [0.4, 0.5) is 0 Å². The molecule has 2 aromatic heterocycles. The fourth-order valence-electron chi connectivity index (χ4n) is 1.56. The number of carbonyl (C=O) groups excluding carboxylic acids is 1. The Labute approximate surface area is 107 Å². The summed E-state index contributed by atoms with van der Waals surface area (Å²) in [7, 11) is 0. The van der Waals surface area contributed by atoms with Crippen LogP contribution in [0.15, 0.2) is 12.3 Å². The van der Waals surface area contributed by atoms with Crippen molar-refractivity contribution in [1.29, 1.82) is 0 Å². The van der Waals surface area contributed by atoms with Crippen LogP contribution in [0, 0.1) is 0 Å². The van der Waals surface area contributed by atoms with Gasteiger partial charge in [0.15, 0.2) is 0 Å². The zero-order valence-corrected chi connectivity index (χ0v) is 10.3. The Hall–Kier alpha value is -1.86. The maximum absolute atomic E-state index is 11.1. The Balaban J connectivity index is 2.48. The highest BCUT2D eigenvalue weighted by Gasteiger charge is 2.13. The van der Waals surface area contributed by atoms with Crippen LogP contribution < -0.4 is 10.2 Å². The number of aromatic nitrogens is 3. The number of halogens is 1. The van der Waals surface area contributed by atoms with E-state index in [1.165, 1.54) is 10.9 Å². The van der Waals surface area contributed by atoms with E-state index in [0.717, 1.165) is 0 Å². The molecule has 2 rings (SSSR count). The molecule has 0 saturated carbocycles. The Bertz CT molecular complexity index is 584. The van der Waals surface area contributed by atoms with E-state index in [1.54, 1.807) is 11.5 Å². The van der Waals surface area contributed by atoms with Crippen LogP contribution in [0.5, 0.6) is 5.88 Å². The largest absolute Gasteiger partial charge is 0.477 e. The van der Waals surface area contributed by atoms with Crippen LogP contribution in [0.1, 0.15) is 6.92 Å². The van der Waals surface area contributed by atoms with Crippen molar-refractivity contribution in [3.8, 4) is 5.88 Å². The van der Waals surface area contributed by atoms with Crippen molar-refractivity contribution in [2.75, 3.05) is 6.61 Å². The van der Waals surface area contributed by atoms with E-state index in [-0.39, 0.29) is 11.7 Å². The summed E-state index contributed by atoms with van der Waals surface area (Å²) in [5, 5.41) is 13.4. The summed E-state index contributed by atoms with van der Waals surface area (Å²) >= 11 is 5.88. The number of amides is 1. The van der Waals surface area contributed by atoms with E-state index < -0.39 is 5.91 Å². The van der Waals surface area contributed by atoms with Crippen LogP contribution in [-0.4, -0.2) is 32.5 Å². The van der Waals surface area contributed by atoms with Gasteiger partial charge in [-0.05, 0) is 6.92 Å². The Morgan fingerprint density at radius 2 is 2.44 bits per heavy atom. The van der Waals surface area contributed by atoms with Crippen LogP contribution in [-0.2, 0) is 11.3 Å². The maximum Gasteiger partial charge on any atom is 0.265 e. The van der Waals surface area contributed by atoms with Gasteiger partial charge in [-0.3, -0.25) is 14.7 Å². The lowest BCUT2D eigenvalue weighted by Crippen LogP contribution is -2.24. The first-order valence-corrected chi connectivity index (χ1v) is 5.61. The lowest BCUT2D eigenvalue weighted by Gasteiger charge is -2.05. The molecule has 0 aliphatic heterocycles. The molecule has 8 heteroatoms. The second kappa shape index (κ2) is 5.19. The highest BCUT2D eigenvalue weighted by Crippen LogP contribution is 2.26. The summed E-state index contributed by atoms with van der Waals surface area (Å²) in [4.78, 5) is 15.2. The maximum atomic E-state index is 11.1. The van der Waals surface area contributed by atoms with Gasteiger partial charge in [-0.1, -0.05) is 11.6 Å². The van der Waals surface area contributed by atoms with Gasteiger partial charge in [-0.25, -0.2) is 10.5 Å². The molecule has 2 heterocycles. The molecule has 0 aromatic carbocycles. The molecule has 18 heavy (non-hydrogen) atoms. The molecule has 1 amide bonds. The van der Waals surface area contributed by atoms with Crippen LogP contribution >= 0.6 is 11.6 Å². The molecule has 0 atom stereocenters. The first-order valence-electron chi connectivity index (χ1n) is 5.23. The number of hydrogen-bond donors (Lipinski definition) is 2. The third-order valence-corrected chi connectivity index (χ3v) is 2.47. The minimum Gasteiger partial charge on any atom is -0.477 e. The second-order valence-electron chi connectivity index (χ2n) is 3.45. The monoisotopic (exact) mass is 270 g/mol. The summed E-state index contributed by atoms with van der Waals surface area (Å²) in [6.45, 7) is 2.16. The number of ether oxygens (including phenoxy) is 1. The minimum absolute atomic E-state index is 0.119. The number of fused-ring (bicyclic) bond motifs is 1. The number of nitrogens with zero attached hydrogens (tertiary/aromatic N) is 3. The number of rotatable bonds is 4. The van der Waals surface area contributed by atoms with E-state index in [1.807, 2.05) is 6.92 Å². The normalized spacial score (nSPS) is 10.6. The van der Waals surface area contributed by atoms with Gasteiger partial charge in [0.25, 0.3) is 5.91 Å². The minimum atomic E-state index is -0.578. The molecule has 0 radical (unpaired) electrons. The van der Waals surface area contributed by atoms with Gasteiger partial charge < -0.3 is 4.74 Å². The molecule has 96 valence electrons. The Morgan fingerprint density at radius 1 is 1.67 bits per heavy atom. The van der Waals surface area contributed by atoms with Crippen LogP contribution in [0.2, 0.25) is 5.15 Å². The molecular weight excluding hydrogens is 260 g/mol. The molecule has 0 aliphatic carbocycles. The highest BCUT2D eigenvalue weighted by molar-refractivity contribution is 6.30. The smallest absolute Gasteiger partial charge is 0.265 e. The lowest BCUT2D eigenvalue weighted by atomic mass is 10.3. The number of carbonyl (C=O) groups is 1. The van der Waals surface area contributed by atoms with E-state index >= 15 is 0 Å². The fourth-order valence-corrected chi connectivity index (χ4v) is 1.74. The average Bonchev–Trinajstić information content (AvgIpc) is 2.73. The van der Waals surface area contributed by atoms with E-state index in [0.29, 0.717) is 23.4 Å². The standard InChI is InChI=1S/C10H11ClN4O3/c1-2-18-10-6-4-12-15(5-9(16)14-17)7(6)3-8(11)13-10/h3-4,17H,2,5H2,1H3,(H,14,16). The van der Waals surface area contributed by atoms with Crippen molar-refractivity contribution < 1.29 is 14.7 Å². The highest BCUT2D eigenvalue weighted by atomic mass is 35.5. The molecule has 7 nitrogen and oxygen atoms in total. The lowest BCUT2D eigenvalue weighted by molar-refractivity contribution is -0.129. The molecule has 2 N–H and O–H groups in total. The van der Waals surface area contributed by atoms with Gasteiger partial charge in [-0.2, -0.15) is 5.10 Å². The van der Waals surface area contributed by atoms with E-state index in [2.05, 4.69) is 10.1 Å². The fraction of sp³-hybridized carbons (Fsp3) is 0.300. The van der Waals surface area contributed by atoms with Gasteiger partial charge >= 0.3 is 0 Å². The van der Waals surface area contributed by atoms with Gasteiger partial charge in [0.1, 0.15) is 11.7 Å². The van der Waals surface area contributed by atoms with Crippen molar-refractivity contribution in [2.45, 2.75) is 13.5 Å². The average molecular weight is 271 g/mol. The SMILES string of the molecule is CCOc1nc(Cl)cc2c1cnn2CC(=O)NO. The first-order chi connectivity index (χ1) is 8.65. The number of nitrogens with one attached hydrogen (secondary N) is 1. The predicted molar refractivity (Wildman–Crippen MR) is 63.6 cm³/mol. The summed E-state index contributed by atoms with van der Waals surface area (Å²) in [5.41, 5.74) is 2.16. The Kier molecular flexibility index (Phi) is 3.63. The van der Waals surface area contributed by atoms with E-state index in [9.17, 15) is 4.79 Å². The topological polar surface area (TPSA) is 89.3 Å². The van der Waals surface area contributed by atoms with Gasteiger partial charge in [0.2, 0.25) is 5.88 Å². The number of hydroxylamine groups is 1. The quantitative estimate of drug-likeness (QED) is 0.491. The van der Waals surface area contributed by atoms with E-state index in [4.69, 9.17) is 21.5 Å². The molecule has 0 bridgehead atoms. The molecule has 0 fully saturated rings. The van der Waals surface area contributed by atoms with Crippen molar-refractivity contribution in [2.24, 2.45) is 0 Å². The molecule has 0 saturated heterocycles. The Morgan fingerprint density at radius 3 is 3.11 bits per heavy atom. The third-order valence-electron chi connectivity index (χ3n) is 2.27. The van der Waals surface area contributed by atoms with Crippen LogP contribution in [0.3, 0.4) is 0 Å². The molecular formula is C10H11ClN4O3. The molecule has 2 aromatic rings. The molecule has 0 unspecified atom stereocenters. The first kappa shape index (κ1) is 12.6. The van der Waals surface area contributed by atoms with Crippen molar-refractivity contribution in [1.82, 2.24) is 20.2 Å². The second-order valence-corrected chi connectivity index (χ2v) is 3.84. The predicted octanol–water partition coefficient (Wildman–Crippen LogP) is 0.989. The summed E-state index contributed by atoms with van der Waals surface area (Å²) in [5.74, 6) is -0.207. The summed E-state index contributed by atoms with van der Waals surface area (Å²) < 4.78 is 6.75. The van der Waals surface area contributed by atoms with Crippen molar-refractivity contribution in [3.05, 3.63) is 17.4 Å². The van der Waals surface area contributed by atoms with Crippen LogP contribution in [0.25, 0.3) is 10.9 Å². The summed E-state index contributed by atoms with van der Waals surface area (Å²) in [6.07, 6.45) is 1.54. The van der Waals surface area contributed by atoms with Crippen molar-refractivity contribution in [3.63, 3.8) is 0 Å². The molecule has 0 aliphatic rings. The zero-order chi connectivity index (χ0) is 13.1. The third kappa shape index (κ3) is 2.36. The number of pyridine rings is 1. The van der Waals surface area contributed by atoms with Crippen molar-refractivity contribution >= 4 is 28.4 Å². The number of hydrogen-bond acceptors (Lipinski definition) is 5. The zero-order valence-electron chi connectivity index (χ0n) is 9.55. The summed E-state index contributed by atoms with van der Waals surface area (Å²) in [6, 6.07) is 1.58. The van der Waals surface area contributed by atoms with Gasteiger partial charge in [0, 0.05) is 6.07 Å².